The van der Waals surface area contributed by atoms with E-state index in [2.05, 4.69) is 10.1 Å². The molecular weight excluding hydrogens is 316 g/mol. The number of para-hydroxylation sites is 1. The number of aromatic nitrogens is 4. The molecule has 0 aliphatic heterocycles. The molecule has 6 heteroatoms. The molecule has 2 aromatic carbocycles. The van der Waals surface area contributed by atoms with Crippen LogP contribution in [0.25, 0.3) is 27.9 Å². The van der Waals surface area contributed by atoms with Crippen LogP contribution in [0.15, 0.2) is 53.7 Å². The molecule has 4 aromatic rings. The minimum atomic E-state index is 0.671. The lowest BCUT2D eigenvalue weighted by molar-refractivity contribution is 0.813. The minimum absolute atomic E-state index is 0.671. The Balaban J connectivity index is 2.03. The first-order chi connectivity index (χ1) is 10.8. The van der Waals surface area contributed by atoms with Gasteiger partial charge in [-0.2, -0.15) is 4.52 Å². The van der Waals surface area contributed by atoms with Gasteiger partial charge >= 0.3 is 0 Å². The van der Waals surface area contributed by atoms with Crippen molar-refractivity contribution in [2.24, 2.45) is 0 Å². The van der Waals surface area contributed by atoms with Gasteiger partial charge in [0, 0.05) is 16.0 Å². The summed E-state index contributed by atoms with van der Waals surface area (Å²) in [5.41, 5.74) is 2.68. The molecule has 0 fully saturated rings. The van der Waals surface area contributed by atoms with Crippen molar-refractivity contribution in [1.82, 2.24) is 19.6 Å². The summed E-state index contributed by atoms with van der Waals surface area (Å²) in [5, 5.41) is 7.13. The van der Waals surface area contributed by atoms with E-state index in [1.165, 1.54) is 0 Å². The second kappa shape index (κ2) is 5.26. The summed E-state index contributed by atoms with van der Waals surface area (Å²) in [6, 6.07) is 15.5. The van der Waals surface area contributed by atoms with Crippen LogP contribution in [0.1, 0.15) is 0 Å². The fourth-order valence-corrected chi connectivity index (χ4v) is 3.00. The molecule has 0 radical (unpaired) electrons. The summed E-state index contributed by atoms with van der Waals surface area (Å²) in [6.45, 7) is 0. The summed E-state index contributed by atoms with van der Waals surface area (Å²) in [7, 11) is 0. The highest BCUT2D eigenvalue weighted by molar-refractivity contribution is 7.98. The average Bonchev–Trinajstić information content (AvgIpc) is 3.00. The smallest absolute Gasteiger partial charge is 0.191 e. The Morgan fingerprint density at radius 2 is 1.77 bits per heavy atom. The molecule has 0 atom stereocenters. The Bertz CT molecular complexity index is 979. The van der Waals surface area contributed by atoms with E-state index in [0.29, 0.717) is 10.8 Å². The largest absolute Gasteiger partial charge is 0.222 e. The molecule has 0 aliphatic carbocycles. The number of benzene rings is 2. The Kier molecular flexibility index (Phi) is 3.24. The Morgan fingerprint density at radius 3 is 2.55 bits per heavy atom. The monoisotopic (exact) mass is 326 g/mol. The van der Waals surface area contributed by atoms with Crippen LogP contribution in [-0.4, -0.2) is 25.8 Å². The van der Waals surface area contributed by atoms with Gasteiger partial charge in [0.15, 0.2) is 16.6 Å². The van der Waals surface area contributed by atoms with Crippen molar-refractivity contribution in [1.29, 1.82) is 0 Å². The molecule has 0 saturated carbocycles. The third-order valence-corrected chi connectivity index (χ3v) is 4.32. The van der Waals surface area contributed by atoms with E-state index < -0.39 is 0 Å². The van der Waals surface area contributed by atoms with Crippen LogP contribution in [0.5, 0.6) is 0 Å². The predicted octanol–water partition coefficient (Wildman–Crippen LogP) is 4.32. The zero-order valence-electron chi connectivity index (χ0n) is 11.7. The Labute approximate surface area is 136 Å². The summed E-state index contributed by atoms with van der Waals surface area (Å²) >= 11 is 7.50. The van der Waals surface area contributed by atoms with E-state index in [1.807, 2.05) is 54.8 Å². The number of nitrogens with zero attached hydrogens (tertiary/aromatic N) is 4. The first kappa shape index (κ1) is 13.5. The molecule has 22 heavy (non-hydrogen) atoms. The van der Waals surface area contributed by atoms with E-state index >= 15 is 0 Å². The normalized spacial score (nSPS) is 11.4. The van der Waals surface area contributed by atoms with Crippen molar-refractivity contribution in [3.05, 3.63) is 53.6 Å². The van der Waals surface area contributed by atoms with Gasteiger partial charge in [-0.3, -0.25) is 0 Å². The third-order valence-electron chi connectivity index (χ3n) is 3.43. The van der Waals surface area contributed by atoms with Gasteiger partial charge < -0.3 is 0 Å². The van der Waals surface area contributed by atoms with Gasteiger partial charge in [-0.05, 0) is 42.7 Å². The number of halogens is 1. The molecule has 0 saturated heterocycles. The molecular formula is C16H11ClN4S. The molecule has 2 aromatic heterocycles. The first-order valence-electron chi connectivity index (χ1n) is 6.72. The molecule has 0 amide bonds. The lowest BCUT2D eigenvalue weighted by atomic mass is 10.2. The molecule has 0 spiro atoms. The van der Waals surface area contributed by atoms with Crippen LogP contribution in [-0.2, 0) is 0 Å². The summed E-state index contributed by atoms with van der Waals surface area (Å²) in [6.07, 6.45) is 1.99. The SMILES string of the molecule is CSc1nc2ccccc2c2nc(-c3ccc(Cl)cc3)nn12. The molecule has 108 valence electrons. The van der Waals surface area contributed by atoms with Crippen molar-refractivity contribution < 1.29 is 0 Å². The molecule has 0 N–H and O–H groups in total. The molecule has 0 unspecified atom stereocenters. The van der Waals surface area contributed by atoms with E-state index in [4.69, 9.17) is 16.6 Å². The number of hydrogen-bond acceptors (Lipinski definition) is 4. The van der Waals surface area contributed by atoms with Crippen molar-refractivity contribution in [3.8, 4) is 11.4 Å². The molecule has 0 aliphatic rings. The van der Waals surface area contributed by atoms with Gasteiger partial charge in [-0.25, -0.2) is 9.97 Å². The zero-order chi connectivity index (χ0) is 15.1. The number of fused-ring (bicyclic) bond motifs is 3. The van der Waals surface area contributed by atoms with Crippen molar-refractivity contribution in [3.63, 3.8) is 0 Å². The van der Waals surface area contributed by atoms with Crippen LogP contribution in [0, 0.1) is 0 Å². The second-order valence-electron chi connectivity index (χ2n) is 4.79. The maximum atomic E-state index is 5.94. The van der Waals surface area contributed by atoms with Crippen LogP contribution in [0.2, 0.25) is 5.02 Å². The highest BCUT2D eigenvalue weighted by Crippen LogP contribution is 2.25. The zero-order valence-corrected chi connectivity index (χ0v) is 13.3. The van der Waals surface area contributed by atoms with Crippen LogP contribution < -0.4 is 0 Å². The van der Waals surface area contributed by atoms with Gasteiger partial charge in [0.05, 0.1) is 5.52 Å². The topological polar surface area (TPSA) is 43.1 Å². The van der Waals surface area contributed by atoms with Gasteiger partial charge in [-0.15, -0.1) is 5.10 Å². The van der Waals surface area contributed by atoms with E-state index in [9.17, 15) is 0 Å². The molecule has 0 bridgehead atoms. The second-order valence-corrected chi connectivity index (χ2v) is 6.00. The number of hydrogen-bond donors (Lipinski definition) is 0. The molecule has 4 nitrogen and oxygen atoms in total. The van der Waals surface area contributed by atoms with Crippen molar-refractivity contribution in [2.45, 2.75) is 5.16 Å². The lowest BCUT2D eigenvalue weighted by Gasteiger charge is -2.02. The van der Waals surface area contributed by atoms with Crippen molar-refractivity contribution in [2.75, 3.05) is 6.26 Å². The first-order valence-corrected chi connectivity index (χ1v) is 8.32. The maximum Gasteiger partial charge on any atom is 0.191 e. The van der Waals surface area contributed by atoms with E-state index in [1.54, 1.807) is 16.3 Å². The maximum absolute atomic E-state index is 5.94. The third kappa shape index (κ3) is 2.14. The van der Waals surface area contributed by atoms with Gasteiger partial charge in [-0.1, -0.05) is 35.5 Å². The van der Waals surface area contributed by atoms with Crippen LogP contribution in [0.3, 0.4) is 0 Å². The summed E-state index contributed by atoms with van der Waals surface area (Å²) < 4.78 is 1.80. The lowest BCUT2D eigenvalue weighted by Crippen LogP contribution is -1.97. The predicted molar refractivity (Wildman–Crippen MR) is 90.5 cm³/mol. The highest BCUT2D eigenvalue weighted by Gasteiger charge is 2.13. The number of thioether (sulfide) groups is 1. The highest BCUT2D eigenvalue weighted by atomic mass is 35.5. The average molecular weight is 327 g/mol. The minimum Gasteiger partial charge on any atom is -0.222 e. The fourth-order valence-electron chi connectivity index (χ4n) is 2.38. The van der Waals surface area contributed by atoms with Crippen LogP contribution in [0.4, 0.5) is 0 Å². The molecule has 4 rings (SSSR count). The van der Waals surface area contributed by atoms with E-state index in [-0.39, 0.29) is 0 Å². The molecule has 2 heterocycles. The van der Waals surface area contributed by atoms with E-state index in [0.717, 1.165) is 27.3 Å². The van der Waals surface area contributed by atoms with Crippen LogP contribution >= 0.6 is 23.4 Å². The van der Waals surface area contributed by atoms with Gasteiger partial charge in [0.2, 0.25) is 0 Å². The standard InChI is InChI=1S/C16H11ClN4S/c1-22-16-18-13-5-3-2-4-12(13)15-19-14(20-21(15)16)10-6-8-11(17)9-7-10/h2-9H,1H3. The van der Waals surface area contributed by atoms with Crippen molar-refractivity contribution >= 4 is 39.9 Å². The fraction of sp³-hybridized carbons (Fsp3) is 0.0625. The Hall–Kier alpha value is -2.11. The number of rotatable bonds is 2. The quantitative estimate of drug-likeness (QED) is 0.406. The van der Waals surface area contributed by atoms with Gasteiger partial charge in [0.1, 0.15) is 0 Å². The summed E-state index contributed by atoms with van der Waals surface area (Å²) in [4.78, 5) is 9.35. The summed E-state index contributed by atoms with van der Waals surface area (Å²) in [5.74, 6) is 0.671. The Morgan fingerprint density at radius 1 is 1.00 bits per heavy atom. The van der Waals surface area contributed by atoms with Gasteiger partial charge in [0.25, 0.3) is 0 Å².